The number of nitrogens with zero attached hydrogens (tertiary/aromatic N) is 6. The van der Waals surface area contributed by atoms with Gasteiger partial charge in [-0.1, -0.05) is 17.7 Å². The number of anilines is 1. The summed E-state index contributed by atoms with van der Waals surface area (Å²) in [6.07, 6.45) is -4.09. The number of rotatable bonds is 4. The summed E-state index contributed by atoms with van der Waals surface area (Å²) in [6, 6.07) is 7.24. The number of benzene rings is 1. The topological polar surface area (TPSA) is 109 Å². The fourth-order valence-electron chi connectivity index (χ4n) is 4.77. The van der Waals surface area contributed by atoms with E-state index in [0.717, 1.165) is 35.0 Å². The number of hydrogen-bond donors (Lipinski definition) is 1. The molecule has 0 amide bonds. The summed E-state index contributed by atoms with van der Waals surface area (Å²) < 4.78 is 71.0. The Bertz CT molecular complexity index is 1800. The molecular formula is C25H18ClF5N6O3. The number of pyridine rings is 1. The van der Waals surface area contributed by atoms with Gasteiger partial charge < -0.3 is 10.0 Å². The van der Waals surface area contributed by atoms with Gasteiger partial charge in [0.2, 0.25) is 0 Å². The lowest BCUT2D eigenvalue weighted by Gasteiger charge is -2.41. The van der Waals surface area contributed by atoms with Gasteiger partial charge in [-0.2, -0.15) is 18.4 Å². The maximum atomic E-state index is 14.1. The molecule has 1 fully saturated rings. The molecule has 0 aliphatic carbocycles. The Kier molecular flexibility index (Phi) is 6.67. The summed E-state index contributed by atoms with van der Waals surface area (Å²) in [5.41, 5.74) is -5.16. The molecule has 4 aromatic rings. The Balaban J connectivity index is 1.81. The van der Waals surface area contributed by atoms with Gasteiger partial charge in [0.15, 0.2) is 5.60 Å². The lowest BCUT2D eigenvalue weighted by Crippen LogP contribution is -2.54. The normalized spacial score (nSPS) is 15.4. The van der Waals surface area contributed by atoms with Gasteiger partial charge in [0.25, 0.3) is 5.56 Å². The van der Waals surface area contributed by atoms with Crippen LogP contribution in [0.3, 0.4) is 0 Å². The maximum absolute atomic E-state index is 14.1. The Morgan fingerprint density at radius 1 is 1.12 bits per heavy atom. The van der Waals surface area contributed by atoms with Crippen LogP contribution in [0, 0.1) is 23.0 Å². The van der Waals surface area contributed by atoms with Gasteiger partial charge >= 0.3 is 11.9 Å². The number of halogens is 6. The van der Waals surface area contributed by atoms with Gasteiger partial charge in [-0.15, -0.1) is 0 Å². The van der Waals surface area contributed by atoms with Gasteiger partial charge in [-0.25, -0.2) is 23.1 Å². The molecule has 0 radical (unpaired) electrons. The van der Waals surface area contributed by atoms with E-state index in [2.05, 4.69) is 4.98 Å². The fourth-order valence-corrected chi connectivity index (χ4v) is 4.95. The minimum Gasteiger partial charge on any atom is -0.380 e. The van der Waals surface area contributed by atoms with Crippen molar-refractivity contribution in [2.24, 2.45) is 0 Å². The third-order valence-electron chi connectivity index (χ3n) is 6.86. The van der Waals surface area contributed by atoms with Crippen LogP contribution in [0.2, 0.25) is 5.02 Å². The van der Waals surface area contributed by atoms with Crippen molar-refractivity contribution in [3.8, 4) is 23.0 Å². The SMILES string of the molecule is N#CCn1c(N2CCC(O)(C(F)(F)F)CC2)c(-c2ccc(F)c(Cl)c2)c(=O)n(-c2cnc3cc(F)ccn23)c1=O. The molecule has 15 heteroatoms. The quantitative estimate of drug-likeness (QED) is 0.369. The number of fused-ring (bicyclic) bond motifs is 1. The molecule has 0 atom stereocenters. The van der Waals surface area contributed by atoms with E-state index in [-0.39, 0.29) is 33.4 Å². The van der Waals surface area contributed by atoms with Gasteiger partial charge in [-0.3, -0.25) is 13.8 Å². The largest absolute Gasteiger partial charge is 0.417 e. The highest BCUT2D eigenvalue weighted by Gasteiger charge is 2.55. The first kappa shape index (κ1) is 27.4. The Morgan fingerprint density at radius 3 is 2.45 bits per heavy atom. The molecule has 1 aliphatic rings. The zero-order valence-corrected chi connectivity index (χ0v) is 21.0. The van der Waals surface area contributed by atoms with Crippen LogP contribution in [0.1, 0.15) is 12.8 Å². The molecule has 0 spiro atoms. The van der Waals surface area contributed by atoms with Crippen molar-refractivity contribution in [3.05, 3.63) is 80.2 Å². The number of imidazole rings is 1. The predicted molar refractivity (Wildman–Crippen MR) is 133 cm³/mol. The highest BCUT2D eigenvalue weighted by Crippen LogP contribution is 2.40. The number of piperidine rings is 1. The summed E-state index contributed by atoms with van der Waals surface area (Å²) in [7, 11) is 0. The highest BCUT2D eigenvalue weighted by atomic mass is 35.5. The first-order valence-electron chi connectivity index (χ1n) is 11.8. The zero-order chi connectivity index (χ0) is 29.0. The summed E-state index contributed by atoms with van der Waals surface area (Å²) in [5, 5.41) is 19.3. The first-order chi connectivity index (χ1) is 18.9. The number of alkyl halides is 3. The second-order valence-corrected chi connectivity index (χ2v) is 9.61. The smallest absolute Gasteiger partial charge is 0.380 e. The van der Waals surface area contributed by atoms with E-state index in [0.29, 0.717) is 4.57 Å². The Morgan fingerprint density at radius 2 is 1.82 bits per heavy atom. The molecule has 0 unspecified atom stereocenters. The predicted octanol–water partition coefficient (Wildman–Crippen LogP) is 3.66. The third kappa shape index (κ3) is 4.40. The lowest BCUT2D eigenvalue weighted by molar-refractivity contribution is -0.266. The van der Waals surface area contributed by atoms with E-state index in [1.807, 2.05) is 6.07 Å². The average molecular weight is 581 g/mol. The summed E-state index contributed by atoms with van der Waals surface area (Å²) in [5.74, 6) is -1.74. The second kappa shape index (κ2) is 9.76. The molecule has 0 bridgehead atoms. The lowest BCUT2D eigenvalue weighted by atomic mass is 9.90. The monoisotopic (exact) mass is 580 g/mol. The van der Waals surface area contributed by atoms with E-state index < -0.39 is 67.1 Å². The highest BCUT2D eigenvalue weighted by molar-refractivity contribution is 6.31. The Labute approximate surface area is 226 Å². The molecule has 1 saturated heterocycles. The molecule has 208 valence electrons. The van der Waals surface area contributed by atoms with Crippen LogP contribution in [0.25, 0.3) is 22.6 Å². The van der Waals surface area contributed by atoms with E-state index in [1.165, 1.54) is 21.6 Å². The van der Waals surface area contributed by atoms with Crippen LogP contribution in [0.15, 0.2) is 52.3 Å². The molecular weight excluding hydrogens is 563 g/mol. The van der Waals surface area contributed by atoms with Crippen molar-refractivity contribution in [1.29, 1.82) is 5.26 Å². The van der Waals surface area contributed by atoms with Gasteiger partial charge in [-0.05, 0) is 23.8 Å². The van der Waals surface area contributed by atoms with Crippen LogP contribution in [0.4, 0.5) is 27.8 Å². The summed E-state index contributed by atoms with van der Waals surface area (Å²) in [4.78, 5) is 33.1. The minimum absolute atomic E-state index is 0.0170. The summed E-state index contributed by atoms with van der Waals surface area (Å²) >= 11 is 5.98. The first-order valence-corrected chi connectivity index (χ1v) is 12.1. The van der Waals surface area contributed by atoms with Crippen molar-refractivity contribution in [2.75, 3.05) is 18.0 Å². The molecule has 40 heavy (non-hydrogen) atoms. The average Bonchev–Trinajstić information content (AvgIpc) is 3.30. The second-order valence-electron chi connectivity index (χ2n) is 9.20. The van der Waals surface area contributed by atoms with Crippen LogP contribution >= 0.6 is 11.6 Å². The summed E-state index contributed by atoms with van der Waals surface area (Å²) in [6.45, 7) is -1.48. The van der Waals surface area contributed by atoms with E-state index >= 15 is 0 Å². The van der Waals surface area contributed by atoms with E-state index in [1.54, 1.807) is 0 Å². The minimum atomic E-state index is -4.91. The van der Waals surface area contributed by atoms with Gasteiger partial charge in [0.05, 0.1) is 22.9 Å². The number of aliphatic hydroxyl groups is 1. The maximum Gasteiger partial charge on any atom is 0.417 e. The molecule has 5 rings (SSSR count). The molecule has 0 saturated carbocycles. The van der Waals surface area contributed by atoms with Gasteiger partial charge in [0, 0.05) is 38.2 Å². The molecule has 1 N–H and O–H groups in total. The van der Waals surface area contributed by atoms with Crippen LogP contribution in [-0.2, 0) is 6.54 Å². The molecule has 4 heterocycles. The fraction of sp³-hybridized carbons (Fsp3) is 0.280. The van der Waals surface area contributed by atoms with Crippen LogP contribution in [0.5, 0.6) is 0 Å². The van der Waals surface area contributed by atoms with Crippen molar-refractivity contribution in [2.45, 2.75) is 31.2 Å². The standard InChI is InChI=1S/C25H18ClF5N6O3/c26-16-11-14(1-2-17(16)28)20-21(34-8-4-24(40,5-9-34)25(29,30)31)36(10-6-32)23(39)37(22(20)38)19-13-33-18-12-15(27)3-7-35(18)19/h1-3,7,11-13,40H,4-5,8-10H2. The number of aromatic nitrogens is 4. The molecule has 1 aromatic carbocycles. The van der Waals surface area contributed by atoms with Crippen LogP contribution in [-0.4, -0.2) is 48.5 Å². The molecule has 3 aromatic heterocycles. The van der Waals surface area contributed by atoms with Gasteiger partial charge in [0.1, 0.15) is 35.5 Å². The van der Waals surface area contributed by atoms with Crippen molar-refractivity contribution in [1.82, 2.24) is 18.5 Å². The number of nitriles is 1. The van der Waals surface area contributed by atoms with Crippen LogP contribution < -0.4 is 16.1 Å². The zero-order valence-electron chi connectivity index (χ0n) is 20.3. The van der Waals surface area contributed by atoms with E-state index in [4.69, 9.17) is 11.6 Å². The van der Waals surface area contributed by atoms with Crippen molar-refractivity contribution in [3.63, 3.8) is 0 Å². The molecule has 9 nitrogen and oxygen atoms in total. The van der Waals surface area contributed by atoms with Crippen molar-refractivity contribution < 1.29 is 27.1 Å². The van der Waals surface area contributed by atoms with Crippen molar-refractivity contribution >= 4 is 23.1 Å². The third-order valence-corrected chi connectivity index (χ3v) is 7.15. The number of hydrogen-bond acceptors (Lipinski definition) is 6. The molecule has 1 aliphatic heterocycles. The Hall–Kier alpha value is -4.22. The van der Waals surface area contributed by atoms with E-state index in [9.17, 15) is 41.9 Å².